The summed E-state index contributed by atoms with van der Waals surface area (Å²) in [6.45, 7) is 2.23. The standard InChI is InChI=1S/C12H22N4S/c1-10(7-9-17-5)16(4)11-6-8-13-12(14-11)15(2)3/h6,8,10H,7,9H2,1-5H3/t10-/m0/s1. The Bertz CT molecular complexity index is 343. The molecule has 0 spiro atoms. The van der Waals surface area contributed by atoms with Gasteiger partial charge in [0, 0.05) is 33.4 Å². The lowest BCUT2D eigenvalue weighted by Crippen LogP contribution is -2.30. The van der Waals surface area contributed by atoms with Gasteiger partial charge in [0.2, 0.25) is 5.95 Å². The first kappa shape index (κ1) is 14.1. The summed E-state index contributed by atoms with van der Waals surface area (Å²) in [6, 6.07) is 2.45. The Balaban J connectivity index is 2.74. The minimum Gasteiger partial charge on any atom is -0.357 e. The van der Waals surface area contributed by atoms with Gasteiger partial charge in [0.05, 0.1) is 0 Å². The van der Waals surface area contributed by atoms with Crippen molar-refractivity contribution in [3.63, 3.8) is 0 Å². The van der Waals surface area contributed by atoms with Crippen LogP contribution in [-0.4, -0.2) is 49.2 Å². The second kappa shape index (κ2) is 6.69. The van der Waals surface area contributed by atoms with E-state index in [1.807, 2.05) is 43.0 Å². The fourth-order valence-corrected chi connectivity index (χ4v) is 2.04. The molecule has 96 valence electrons. The first-order valence-corrected chi connectivity index (χ1v) is 7.17. The Morgan fingerprint density at radius 2 is 2.06 bits per heavy atom. The Hall–Kier alpha value is -0.970. The van der Waals surface area contributed by atoms with E-state index >= 15 is 0 Å². The van der Waals surface area contributed by atoms with Gasteiger partial charge in [-0.3, -0.25) is 0 Å². The molecule has 4 nitrogen and oxygen atoms in total. The quantitative estimate of drug-likeness (QED) is 0.776. The second-order valence-electron chi connectivity index (χ2n) is 4.35. The van der Waals surface area contributed by atoms with Crippen LogP contribution in [0.5, 0.6) is 0 Å². The zero-order valence-corrected chi connectivity index (χ0v) is 12.2. The van der Waals surface area contributed by atoms with E-state index < -0.39 is 0 Å². The zero-order chi connectivity index (χ0) is 12.8. The zero-order valence-electron chi connectivity index (χ0n) is 11.3. The lowest BCUT2D eigenvalue weighted by atomic mass is 10.2. The summed E-state index contributed by atoms with van der Waals surface area (Å²) in [5.74, 6) is 2.92. The van der Waals surface area contributed by atoms with Crippen molar-refractivity contribution < 1.29 is 0 Å². The summed E-state index contributed by atoms with van der Waals surface area (Å²) >= 11 is 1.88. The number of nitrogens with zero attached hydrogens (tertiary/aromatic N) is 4. The predicted octanol–water partition coefficient (Wildman–Crippen LogP) is 2.12. The van der Waals surface area contributed by atoms with Gasteiger partial charge >= 0.3 is 0 Å². The van der Waals surface area contributed by atoms with E-state index in [-0.39, 0.29) is 0 Å². The number of thioether (sulfide) groups is 1. The molecule has 1 rings (SSSR count). The van der Waals surface area contributed by atoms with Crippen molar-refractivity contribution in [2.24, 2.45) is 0 Å². The minimum atomic E-state index is 0.493. The van der Waals surface area contributed by atoms with Crippen molar-refractivity contribution in [1.82, 2.24) is 9.97 Å². The maximum absolute atomic E-state index is 4.54. The molecule has 0 amide bonds. The van der Waals surface area contributed by atoms with Crippen molar-refractivity contribution >= 4 is 23.5 Å². The lowest BCUT2D eigenvalue weighted by Gasteiger charge is -2.26. The Kier molecular flexibility index (Phi) is 5.55. The van der Waals surface area contributed by atoms with Crippen molar-refractivity contribution in [2.45, 2.75) is 19.4 Å². The molecule has 0 radical (unpaired) electrons. The largest absolute Gasteiger partial charge is 0.357 e. The highest BCUT2D eigenvalue weighted by Gasteiger charge is 2.12. The highest BCUT2D eigenvalue weighted by Crippen LogP contribution is 2.16. The molecule has 5 heteroatoms. The minimum absolute atomic E-state index is 0.493. The van der Waals surface area contributed by atoms with Crippen LogP contribution in [0.3, 0.4) is 0 Å². The molecule has 1 aromatic rings. The molecule has 17 heavy (non-hydrogen) atoms. The van der Waals surface area contributed by atoms with Crippen LogP contribution >= 0.6 is 11.8 Å². The van der Waals surface area contributed by atoms with Crippen LogP contribution < -0.4 is 9.80 Å². The van der Waals surface area contributed by atoms with E-state index in [1.54, 1.807) is 0 Å². The van der Waals surface area contributed by atoms with Crippen LogP contribution in [0.25, 0.3) is 0 Å². The predicted molar refractivity (Wildman–Crippen MR) is 77.2 cm³/mol. The lowest BCUT2D eigenvalue weighted by molar-refractivity contribution is 0.661. The third kappa shape index (κ3) is 4.07. The van der Waals surface area contributed by atoms with Gasteiger partial charge in [0.25, 0.3) is 0 Å². The van der Waals surface area contributed by atoms with Crippen molar-refractivity contribution in [3.05, 3.63) is 12.3 Å². The molecule has 0 unspecified atom stereocenters. The van der Waals surface area contributed by atoms with Gasteiger partial charge in [-0.25, -0.2) is 4.98 Å². The van der Waals surface area contributed by atoms with Gasteiger partial charge in [-0.15, -0.1) is 0 Å². The third-order valence-corrected chi connectivity index (χ3v) is 3.43. The molecule has 0 bridgehead atoms. The van der Waals surface area contributed by atoms with Crippen LogP contribution in [0.15, 0.2) is 12.3 Å². The molecule has 0 aliphatic heterocycles. The Labute approximate surface area is 108 Å². The molecule has 0 N–H and O–H groups in total. The van der Waals surface area contributed by atoms with E-state index in [9.17, 15) is 0 Å². The average Bonchev–Trinajstić information content (AvgIpc) is 2.35. The average molecular weight is 254 g/mol. The first-order valence-electron chi connectivity index (χ1n) is 5.78. The summed E-state index contributed by atoms with van der Waals surface area (Å²) in [6.07, 6.45) is 5.12. The number of hydrogen-bond acceptors (Lipinski definition) is 5. The summed E-state index contributed by atoms with van der Waals surface area (Å²) < 4.78 is 0. The van der Waals surface area contributed by atoms with Crippen molar-refractivity contribution in [1.29, 1.82) is 0 Å². The molecule has 1 aromatic heterocycles. The summed E-state index contributed by atoms with van der Waals surface area (Å²) in [5, 5.41) is 0. The Morgan fingerprint density at radius 1 is 1.35 bits per heavy atom. The maximum atomic E-state index is 4.54. The monoisotopic (exact) mass is 254 g/mol. The topological polar surface area (TPSA) is 32.3 Å². The van der Waals surface area contributed by atoms with E-state index in [0.717, 1.165) is 11.8 Å². The molecule has 1 heterocycles. The highest BCUT2D eigenvalue weighted by atomic mass is 32.2. The Morgan fingerprint density at radius 3 is 2.65 bits per heavy atom. The third-order valence-electron chi connectivity index (χ3n) is 2.79. The number of aromatic nitrogens is 2. The molecule has 0 saturated carbocycles. The van der Waals surface area contributed by atoms with E-state index in [2.05, 4.69) is 35.1 Å². The van der Waals surface area contributed by atoms with Gasteiger partial charge in [0.15, 0.2) is 0 Å². The molecule has 0 aliphatic carbocycles. The van der Waals surface area contributed by atoms with Crippen molar-refractivity contribution in [2.75, 3.05) is 43.0 Å². The summed E-state index contributed by atoms with van der Waals surface area (Å²) in [5.41, 5.74) is 0. The number of rotatable bonds is 6. The maximum Gasteiger partial charge on any atom is 0.226 e. The van der Waals surface area contributed by atoms with Crippen LogP contribution in [0.2, 0.25) is 0 Å². The normalized spacial score (nSPS) is 12.3. The fourth-order valence-electron chi connectivity index (χ4n) is 1.46. The van der Waals surface area contributed by atoms with Crippen LogP contribution in [0.1, 0.15) is 13.3 Å². The van der Waals surface area contributed by atoms with Gasteiger partial charge in [-0.2, -0.15) is 16.7 Å². The molecule has 0 fully saturated rings. The summed E-state index contributed by atoms with van der Waals surface area (Å²) in [4.78, 5) is 12.9. The van der Waals surface area contributed by atoms with Crippen molar-refractivity contribution in [3.8, 4) is 0 Å². The molecule has 0 aliphatic rings. The molecule has 0 aromatic carbocycles. The second-order valence-corrected chi connectivity index (χ2v) is 5.34. The van der Waals surface area contributed by atoms with E-state index in [0.29, 0.717) is 6.04 Å². The van der Waals surface area contributed by atoms with Crippen LogP contribution in [0, 0.1) is 0 Å². The molecular formula is C12H22N4S. The van der Waals surface area contributed by atoms with Crippen LogP contribution in [-0.2, 0) is 0 Å². The van der Waals surface area contributed by atoms with E-state index in [1.165, 1.54) is 12.2 Å². The fraction of sp³-hybridized carbons (Fsp3) is 0.667. The number of hydrogen-bond donors (Lipinski definition) is 0. The smallest absolute Gasteiger partial charge is 0.226 e. The van der Waals surface area contributed by atoms with Gasteiger partial charge in [-0.05, 0) is 31.4 Å². The summed E-state index contributed by atoms with van der Waals surface area (Å²) in [7, 11) is 6.00. The molecule has 1 atom stereocenters. The highest BCUT2D eigenvalue weighted by molar-refractivity contribution is 7.98. The SMILES string of the molecule is CSCC[C@H](C)N(C)c1ccnc(N(C)C)n1. The number of anilines is 2. The molecule has 0 saturated heterocycles. The molecular weight excluding hydrogens is 232 g/mol. The van der Waals surface area contributed by atoms with Gasteiger partial charge in [-0.1, -0.05) is 0 Å². The van der Waals surface area contributed by atoms with Crippen LogP contribution in [0.4, 0.5) is 11.8 Å². The van der Waals surface area contributed by atoms with E-state index in [4.69, 9.17) is 0 Å². The first-order chi connectivity index (χ1) is 8.06. The van der Waals surface area contributed by atoms with Gasteiger partial charge < -0.3 is 9.80 Å². The van der Waals surface area contributed by atoms with Gasteiger partial charge in [0.1, 0.15) is 5.82 Å².